The Kier molecular flexibility index (Phi) is 8.35. The van der Waals surface area contributed by atoms with Gasteiger partial charge < -0.3 is 40.4 Å². The second-order valence-electron chi connectivity index (χ2n) is 10.3. The Morgan fingerprint density at radius 1 is 1.14 bits per heavy atom. The molecule has 3 aliphatic rings. The summed E-state index contributed by atoms with van der Waals surface area (Å²) in [6.45, 7) is 1.73. The van der Waals surface area contributed by atoms with Crippen molar-refractivity contribution >= 4 is 28.9 Å². The van der Waals surface area contributed by atoms with Crippen LogP contribution in [-0.2, 0) is 20.7 Å². The van der Waals surface area contributed by atoms with Crippen LogP contribution in [0.25, 0.3) is 10.9 Å². The molecule has 1 aromatic heterocycles. The third kappa shape index (κ3) is 6.06. The van der Waals surface area contributed by atoms with Gasteiger partial charge >= 0.3 is 18.0 Å². The second-order valence-corrected chi connectivity index (χ2v) is 10.3. The maximum absolute atomic E-state index is 12.1. The minimum absolute atomic E-state index is 0.131. The first-order valence-corrected chi connectivity index (χ1v) is 12.7. The number of likely N-dealkylation sites (N-methyl/N-ethyl adjacent to an activating group) is 1. The predicted octanol–water partition coefficient (Wildman–Crippen LogP) is 1.67. The summed E-state index contributed by atoms with van der Waals surface area (Å²) in [6, 6.07) is 7.20. The van der Waals surface area contributed by atoms with E-state index in [9.17, 15) is 14.4 Å². The molecule has 1 aliphatic heterocycles. The summed E-state index contributed by atoms with van der Waals surface area (Å²) in [5.41, 5.74) is 4.18. The van der Waals surface area contributed by atoms with Crippen LogP contribution in [0.2, 0.25) is 0 Å². The minimum atomic E-state index is -2.27. The van der Waals surface area contributed by atoms with Crippen molar-refractivity contribution in [3.63, 3.8) is 0 Å². The zero-order valence-corrected chi connectivity index (χ0v) is 20.8. The number of aromatic amines is 1. The summed E-state index contributed by atoms with van der Waals surface area (Å²) in [7, 11) is 2.23. The Labute approximate surface area is 214 Å². The fourth-order valence-electron chi connectivity index (χ4n) is 5.90. The van der Waals surface area contributed by atoms with Crippen molar-refractivity contribution in [2.45, 2.75) is 68.8 Å². The lowest BCUT2D eigenvalue weighted by molar-refractivity contribution is -0.165. The molecule has 0 spiro atoms. The number of ether oxygens (including phenoxy) is 1. The molecule has 5 atom stereocenters. The number of rotatable bonds is 6. The summed E-state index contributed by atoms with van der Waals surface area (Å²) in [6.07, 6.45) is 4.20. The lowest BCUT2D eigenvalue weighted by atomic mass is 9.72. The first-order valence-electron chi connectivity index (χ1n) is 12.7. The lowest BCUT2D eigenvalue weighted by Crippen LogP contribution is -2.50. The van der Waals surface area contributed by atoms with Crippen LogP contribution in [0.1, 0.15) is 49.1 Å². The Bertz CT molecular complexity index is 1110. The fourth-order valence-corrected chi connectivity index (χ4v) is 5.90. The van der Waals surface area contributed by atoms with Crippen LogP contribution in [0.3, 0.4) is 0 Å². The number of carboxylic acids is 2. The van der Waals surface area contributed by atoms with Crippen molar-refractivity contribution in [3.8, 4) is 0 Å². The van der Waals surface area contributed by atoms with Crippen LogP contribution in [-0.4, -0.2) is 92.8 Å². The largest absolute Gasteiger partial charge is 0.479 e. The van der Waals surface area contributed by atoms with Gasteiger partial charge in [-0.1, -0.05) is 12.1 Å². The number of H-pyrrole nitrogens is 1. The van der Waals surface area contributed by atoms with Gasteiger partial charge in [0.25, 0.3) is 0 Å². The van der Waals surface area contributed by atoms with Gasteiger partial charge in [-0.05, 0) is 68.7 Å². The van der Waals surface area contributed by atoms with Gasteiger partial charge in [0, 0.05) is 42.1 Å². The normalized spacial score (nSPS) is 24.9. The van der Waals surface area contributed by atoms with E-state index in [1.807, 2.05) is 0 Å². The quantitative estimate of drug-likeness (QED) is 0.333. The minimum Gasteiger partial charge on any atom is -0.479 e. The summed E-state index contributed by atoms with van der Waals surface area (Å²) < 4.78 is 5.55. The molecule has 1 amide bonds. The molecule has 2 aromatic rings. The number of aliphatic hydroxyl groups is 2. The molecule has 2 heterocycles. The second kappa shape index (κ2) is 11.5. The first kappa shape index (κ1) is 26.9. The van der Waals surface area contributed by atoms with Gasteiger partial charge in [-0.3, -0.25) is 0 Å². The summed E-state index contributed by atoms with van der Waals surface area (Å²) >= 11 is 0. The number of fused-ring (bicyclic) bond motifs is 2. The van der Waals surface area contributed by atoms with Gasteiger partial charge in [0.2, 0.25) is 0 Å². The Balaban J connectivity index is 0.000000275. The van der Waals surface area contributed by atoms with Crippen LogP contribution < -0.4 is 5.32 Å². The van der Waals surface area contributed by atoms with Gasteiger partial charge in [-0.2, -0.15) is 0 Å². The smallest absolute Gasteiger partial charge is 0.407 e. The van der Waals surface area contributed by atoms with Crippen LogP contribution in [0.4, 0.5) is 4.79 Å². The Hall–Kier alpha value is -3.15. The molecule has 1 saturated heterocycles. The third-order valence-electron chi connectivity index (χ3n) is 7.73. The Morgan fingerprint density at radius 2 is 1.81 bits per heavy atom. The molecule has 1 saturated carbocycles. The molecular weight excluding hydrogens is 482 g/mol. The van der Waals surface area contributed by atoms with Gasteiger partial charge in [-0.15, -0.1) is 0 Å². The number of likely N-dealkylation sites (tertiary alicyclic amines) is 1. The van der Waals surface area contributed by atoms with Crippen LogP contribution in [0.5, 0.6) is 0 Å². The Morgan fingerprint density at radius 3 is 2.46 bits per heavy atom. The summed E-state index contributed by atoms with van der Waals surface area (Å²) in [5, 5.41) is 37.0. The number of aromatic nitrogens is 1. The van der Waals surface area contributed by atoms with Crippen molar-refractivity contribution in [1.29, 1.82) is 0 Å². The number of carbonyl (C=O) groups is 3. The molecule has 5 rings (SSSR count). The van der Waals surface area contributed by atoms with Crippen molar-refractivity contribution in [2.75, 3.05) is 20.1 Å². The standard InChI is InChI=1S/C22H29N3O2.C4H6O6/c1-25-13-14(11-24-22(26)27-16-5-2-3-6-16)9-18-17-7-4-8-19-21(17)15(12-23-19)10-20(18)25;5-1(3(7)8)2(6)4(9)10/h4,7-8,12,14,16,18,20,23H,2-3,5-6,9-11,13H2,1H3,(H,24,26);1-2,5-6H,(H,7,8)(H,9,10)/t14-,18+,20+;/m0./s1. The number of nitrogens with zero attached hydrogens (tertiary/aromatic N) is 1. The van der Waals surface area contributed by atoms with E-state index in [1.165, 1.54) is 34.9 Å². The average Bonchev–Trinajstić information content (AvgIpc) is 3.53. The molecule has 11 heteroatoms. The van der Waals surface area contributed by atoms with E-state index in [1.54, 1.807) is 0 Å². The topological polar surface area (TPSA) is 172 Å². The molecule has 37 heavy (non-hydrogen) atoms. The molecular formula is C26H35N3O8. The van der Waals surface area contributed by atoms with E-state index < -0.39 is 24.1 Å². The molecule has 11 nitrogen and oxygen atoms in total. The number of hydrogen-bond donors (Lipinski definition) is 6. The van der Waals surface area contributed by atoms with E-state index in [2.05, 4.69) is 46.6 Å². The van der Waals surface area contributed by atoms with Crippen LogP contribution >= 0.6 is 0 Å². The molecule has 6 N–H and O–H groups in total. The highest BCUT2D eigenvalue weighted by Gasteiger charge is 2.39. The number of aliphatic hydroxyl groups excluding tert-OH is 2. The number of aliphatic carboxylic acids is 2. The molecule has 0 radical (unpaired) electrons. The zero-order valence-electron chi connectivity index (χ0n) is 20.8. The highest BCUT2D eigenvalue weighted by atomic mass is 16.6. The van der Waals surface area contributed by atoms with Crippen molar-refractivity contribution in [2.24, 2.45) is 5.92 Å². The maximum atomic E-state index is 12.1. The van der Waals surface area contributed by atoms with E-state index >= 15 is 0 Å². The zero-order chi connectivity index (χ0) is 26.7. The van der Waals surface area contributed by atoms with Gasteiger partial charge in [0.05, 0.1) is 0 Å². The number of piperidine rings is 1. The average molecular weight is 518 g/mol. The highest BCUT2D eigenvalue weighted by Crippen LogP contribution is 2.44. The molecule has 2 aliphatic carbocycles. The summed E-state index contributed by atoms with van der Waals surface area (Å²) in [5.74, 6) is -2.54. The SMILES string of the molecule is CN1C[C@H](CNC(=O)OC2CCCC2)C[C@@H]2c3cccc4[nH]cc(c34)C[C@H]21.O=C(O)C(O)C(O)C(=O)O. The first-order chi connectivity index (χ1) is 17.7. The van der Waals surface area contributed by atoms with E-state index in [0.29, 0.717) is 24.4 Å². The van der Waals surface area contributed by atoms with Crippen molar-refractivity contribution < 1.29 is 39.5 Å². The van der Waals surface area contributed by atoms with E-state index in [0.717, 1.165) is 32.2 Å². The van der Waals surface area contributed by atoms with Crippen LogP contribution in [0.15, 0.2) is 24.4 Å². The van der Waals surface area contributed by atoms with Gasteiger partial charge in [0.15, 0.2) is 12.2 Å². The highest BCUT2D eigenvalue weighted by molar-refractivity contribution is 5.88. The number of carbonyl (C=O) groups excluding carboxylic acids is 1. The number of amides is 1. The van der Waals surface area contributed by atoms with E-state index in [4.69, 9.17) is 25.2 Å². The number of alkyl carbamates (subject to hydrolysis) is 1. The molecule has 2 unspecified atom stereocenters. The predicted molar refractivity (Wildman–Crippen MR) is 133 cm³/mol. The molecule has 202 valence electrons. The third-order valence-corrected chi connectivity index (χ3v) is 7.73. The van der Waals surface area contributed by atoms with E-state index in [-0.39, 0.29) is 12.2 Å². The van der Waals surface area contributed by atoms with Gasteiger partial charge in [0.1, 0.15) is 6.10 Å². The van der Waals surface area contributed by atoms with Gasteiger partial charge in [-0.25, -0.2) is 14.4 Å². The molecule has 1 aromatic carbocycles. The van der Waals surface area contributed by atoms with Crippen LogP contribution in [0, 0.1) is 5.92 Å². The molecule has 0 bridgehead atoms. The number of hydrogen-bond acceptors (Lipinski definition) is 7. The summed E-state index contributed by atoms with van der Waals surface area (Å²) in [4.78, 5) is 37.6. The van der Waals surface area contributed by atoms with Crippen molar-refractivity contribution in [1.82, 2.24) is 15.2 Å². The maximum Gasteiger partial charge on any atom is 0.407 e. The molecule has 2 fully saturated rings. The number of nitrogens with one attached hydrogen (secondary N) is 2. The lowest BCUT2D eigenvalue weighted by Gasteiger charge is -2.45. The number of benzene rings is 1. The number of carboxylic acid groups (broad SMARTS) is 2. The van der Waals surface area contributed by atoms with Crippen molar-refractivity contribution in [3.05, 3.63) is 35.5 Å². The fraction of sp³-hybridized carbons (Fsp3) is 0.577. The monoisotopic (exact) mass is 517 g/mol.